The first-order valence-corrected chi connectivity index (χ1v) is 2.80. The summed E-state index contributed by atoms with van der Waals surface area (Å²) in [5.41, 5.74) is 0. The highest BCUT2D eigenvalue weighted by atomic mass is 16.6. The zero-order valence-electron chi connectivity index (χ0n) is 6.33. The third-order valence-corrected chi connectivity index (χ3v) is 0.813. The Labute approximate surface area is 59.0 Å². The normalized spacial score (nSPS) is 11.1. The fraction of sp³-hybridized carbons (Fsp3) is 0.800. The van der Waals surface area contributed by atoms with Crippen LogP contribution < -0.4 is 0 Å². The predicted molar refractivity (Wildman–Crippen MR) is 34.9 cm³/mol. The van der Waals surface area contributed by atoms with E-state index in [-0.39, 0.29) is 6.54 Å². The quantitative estimate of drug-likeness (QED) is 0.300. The van der Waals surface area contributed by atoms with Crippen LogP contribution in [0.3, 0.4) is 0 Å². The van der Waals surface area contributed by atoms with Gasteiger partial charge in [-0.2, -0.15) is 0 Å². The van der Waals surface area contributed by atoms with E-state index in [1.54, 1.807) is 21.1 Å². The number of amides is 1. The molecule has 0 rings (SSSR count). The van der Waals surface area contributed by atoms with Crippen LogP contribution in [-0.4, -0.2) is 43.0 Å². The van der Waals surface area contributed by atoms with E-state index >= 15 is 0 Å². The van der Waals surface area contributed by atoms with Crippen molar-refractivity contribution in [2.24, 2.45) is 0 Å². The number of nitrogens with zero attached hydrogens (tertiary/aromatic N) is 2. The monoisotopic (exact) mass is 147 g/mol. The van der Waals surface area contributed by atoms with E-state index in [9.17, 15) is 14.9 Å². The lowest BCUT2D eigenvalue weighted by molar-refractivity contribution is -0.865. The second kappa shape index (κ2) is 2.74. The lowest BCUT2D eigenvalue weighted by Gasteiger charge is -2.19. The molecule has 0 N–H and O–H groups in total. The number of carbonyl (C=O) groups is 1. The van der Waals surface area contributed by atoms with Gasteiger partial charge in [0.25, 0.3) is 0 Å². The van der Waals surface area contributed by atoms with Gasteiger partial charge in [0.2, 0.25) is 6.54 Å². The molecule has 5 nitrogen and oxygen atoms in total. The van der Waals surface area contributed by atoms with E-state index in [4.69, 9.17) is 0 Å². The number of likely N-dealkylation sites (N-methyl/N-ethyl adjacent to an activating group) is 1. The molecule has 0 fully saturated rings. The van der Waals surface area contributed by atoms with Gasteiger partial charge in [0.05, 0.1) is 21.1 Å². The van der Waals surface area contributed by atoms with Crippen LogP contribution >= 0.6 is 0 Å². The molecule has 0 bridgehead atoms. The number of quaternary nitrogens is 1. The molecule has 0 spiro atoms. The predicted octanol–water partition coefficient (Wildman–Crippen LogP) is -0.504. The zero-order valence-corrected chi connectivity index (χ0v) is 6.33. The first kappa shape index (κ1) is 9.03. The van der Waals surface area contributed by atoms with Crippen LogP contribution in [-0.2, 0) is 4.79 Å². The fourth-order valence-corrected chi connectivity index (χ4v) is 0.464. The van der Waals surface area contributed by atoms with Crippen LogP contribution in [0.25, 0.3) is 0 Å². The van der Waals surface area contributed by atoms with Crippen LogP contribution in [0.4, 0.5) is 0 Å². The minimum atomic E-state index is -0.937. The van der Waals surface area contributed by atoms with Gasteiger partial charge in [0.1, 0.15) is 4.92 Å². The zero-order chi connectivity index (χ0) is 8.36. The van der Waals surface area contributed by atoms with Gasteiger partial charge in [0.15, 0.2) is 0 Å². The summed E-state index contributed by atoms with van der Waals surface area (Å²) in [6.07, 6.45) is 0. The van der Waals surface area contributed by atoms with Crippen LogP contribution in [0, 0.1) is 10.1 Å². The number of rotatable bonds is 2. The van der Waals surface area contributed by atoms with Crippen LogP contribution in [0.2, 0.25) is 0 Å². The van der Waals surface area contributed by atoms with E-state index in [1.165, 1.54) is 0 Å². The van der Waals surface area contributed by atoms with Crippen molar-refractivity contribution in [1.82, 2.24) is 0 Å². The first-order chi connectivity index (χ1) is 4.33. The lowest BCUT2D eigenvalue weighted by Crippen LogP contribution is -2.41. The van der Waals surface area contributed by atoms with Gasteiger partial charge in [-0.3, -0.25) is 10.1 Å². The topological polar surface area (TPSA) is 60.2 Å². The number of nitro groups is 1. The van der Waals surface area contributed by atoms with E-state index in [0.717, 1.165) is 0 Å². The van der Waals surface area contributed by atoms with Gasteiger partial charge in [-0.05, 0) is 0 Å². The van der Waals surface area contributed by atoms with Gasteiger partial charge in [-0.1, -0.05) is 0 Å². The molecule has 10 heavy (non-hydrogen) atoms. The van der Waals surface area contributed by atoms with Crippen molar-refractivity contribution in [3.05, 3.63) is 10.1 Å². The van der Waals surface area contributed by atoms with Crippen molar-refractivity contribution in [3.8, 4) is 0 Å². The third kappa shape index (κ3) is 3.96. The molecule has 0 saturated heterocycles. The Kier molecular flexibility index (Phi) is 2.48. The van der Waals surface area contributed by atoms with Gasteiger partial charge < -0.3 is 4.48 Å². The smallest absolute Gasteiger partial charge is 0.319 e. The van der Waals surface area contributed by atoms with Crippen molar-refractivity contribution in [2.75, 3.05) is 27.7 Å². The number of hydrogen-bond donors (Lipinski definition) is 0. The molecule has 0 radical (unpaired) electrons. The second-order valence-electron chi connectivity index (χ2n) is 3.10. The molecule has 0 aromatic rings. The Morgan fingerprint density at radius 1 is 1.50 bits per heavy atom. The second-order valence-corrected chi connectivity index (χ2v) is 3.10. The third-order valence-electron chi connectivity index (χ3n) is 0.813. The van der Waals surface area contributed by atoms with Crippen molar-refractivity contribution in [2.45, 2.75) is 0 Å². The first-order valence-electron chi connectivity index (χ1n) is 2.80. The summed E-state index contributed by atoms with van der Waals surface area (Å²) < 4.78 is 0.291. The molecule has 0 aliphatic carbocycles. The highest BCUT2D eigenvalue weighted by Crippen LogP contribution is 1.89. The van der Waals surface area contributed by atoms with Crippen LogP contribution in [0.1, 0.15) is 0 Å². The summed E-state index contributed by atoms with van der Waals surface area (Å²) in [5.74, 6) is -0.937. The molecule has 0 heterocycles. The van der Waals surface area contributed by atoms with E-state index in [2.05, 4.69) is 0 Å². The SMILES string of the molecule is C[N+](C)(C)CC(=O)[N+](=O)[O-]. The Morgan fingerprint density at radius 2 is 1.90 bits per heavy atom. The Balaban J connectivity index is 3.93. The standard InChI is InChI=1S/C5H11N2O3/c1-7(2,3)4-5(8)6(9)10/h4H2,1-3H3/q+1. The van der Waals surface area contributed by atoms with E-state index in [1.807, 2.05) is 0 Å². The summed E-state index contributed by atoms with van der Waals surface area (Å²) >= 11 is 0. The van der Waals surface area contributed by atoms with E-state index in [0.29, 0.717) is 4.48 Å². The van der Waals surface area contributed by atoms with Crippen molar-refractivity contribution in [3.63, 3.8) is 0 Å². The molecule has 1 amide bonds. The number of carbonyl (C=O) groups excluding carboxylic acids is 1. The maximum Gasteiger partial charge on any atom is 0.498 e. The summed E-state index contributed by atoms with van der Waals surface area (Å²) in [5, 5.41) is 9.82. The maximum absolute atomic E-state index is 10.4. The maximum atomic E-state index is 10.4. The Bertz CT molecular complexity index is 159. The van der Waals surface area contributed by atoms with Gasteiger partial charge in [0, 0.05) is 0 Å². The largest absolute Gasteiger partial charge is 0.498 e. The van der Waals surface area contributed by atoms with Gasteiger partial charge in [-0.25, -0.2) is 4.79 Å². The number of hydrogen-bond acceptors (Lipinski definition) is 3. The highest BCUT2D eigenvalue weighted by molar-refractivity contribution is 5.68. The minimum absolute atomic E-state index is 0.0625. The Morgan fingerprint density at radius 3 is 2.00 bits per heavy atom. The minimum Gasteiger partial charge on any atom is -0.319 e. The molecular formula is C5H11N2O3+. The molecule has 0 atom stereocenters. The van der Waals surface area contributed by atoms with Crippen LogP contribution in [0.15, 0.2) is 0 Å². The molecule has 58 valence electrons. The molecule has 0 aliphatic rings. The average molecular weight is 147 g/mol. The summed E-state index contributed by atoms with van der Waals surface area (Å²) in [7, 11) is 5.17. The molecule has 5 heteroatoms. The molecule has 0 saturated carbocycles. The molecule has 0 unspecified atom stereocenters. The summed E-state index contributed by atoms with van der Waals surface area (Å²) in [6, 6.07) is 0. The van der Waals surface area contributed by atoms with Gasteiger partial charge in [-0.15, -0.1) is 0 Å². The lowest BCUT2D eigenvalue weighted by atomic mass is 10.5. The molecular weight excluding hydrogens is 136 g/mol. The Hall–Kier alpha value is -0.970. The van der Waals surface area contributed by atoms with E-state index < -0.39 is 10.8 Å². The van der Waals surface area contributed by atoms with Crippen molar-refractivity contribution >= 4 is 5.91 Å². The molecule has 0 aromatic heterocycles. The summed E-state index contributed by atoms with van der Waals surface area (Å²) in [4.78, 5) is 19.4. The fourth-order valence-electron chi connectivity index (χ4n) is 0.464. The highest BCUT2D eigenvalue weighted by Gasteiger charge is 2.23. The van der Waals surface area contributed by atoms with Crippen molar-refractivity contribution < 1.29 is 14.2 Å². The van der Waals surface area contributed by atoms with Gasteiger partial charge >= 0.3 is 5.91 Å². The molecule has 0 aliphatic heterocycles. The summed E-state index contributed by atoms with van der Waals surface area (Å²) in [6.45, 7) is -0.0625. The average Bonchev–Trinajstić information content (AvgIpc) is 1.60. The van der Waals surface area contributed by atoms with Crippen LogP contribution in [0.5, 0.6) is 0 Å². The van der Waals surface area contributed by atoms with Crippen molar-refractivity contribution in [1.29, 1.82) is 0 Å². The molecule has 0 aromatic carbocycles.